The zero-order valence-corrected chi connectivity index (χ0v) is 20.1. The van der Waals surface area contributed by atoms with Crippen molar-refractivity contribution in [3.63, 3.8) is 0 Å². The Labute approximate surface area is 178 Å². The predicted octanol–water partition coefficient (Wildman–Crippen LogP) is 8.09. The van der Waals surface area contributed by atoms with Gasteiger partial charge in [-0.2, -0.15) is 0 Å². The van der Waals surface area contributed by atoms with E-state index >= 15 is 0 Å². The van der Waals surface area contributed by atoms with Crippen LogP contribution in [0, 0.1) is 41.4 Å². The van der Waals surface area contributed by atoms with Crippen LogP contribution in [0.5, 0.6) is 0 Å². The van der Waals surface area contributed by atoms with Crippen molar-refractivity contribution < 1.29 is 0 Å². The Bertz CT molecular complexity index is 384. The molecule has 5 unspecified atom stereocenters. The summed E-state index contributed by atoms with van der Waals surface area (Å²) in [7, 11) is 2.11. The minimum atomic E-state index is 0.869. The summed E-state index contributed by atoms with van der Waals surface area (Å²) in [6.45, 7) is 11.2. The molecule has 0 amide bonds. The van der Waals surface area contributed by atoms with Crippen LogP contribution >= 0.6 is 0 Å². The summed E-state index contributed by atoms with van der Waals surface area (Å²) in [6.07, 6.45) is 20.8. The van der Waals surface area contributed by atoms with E-state index in [4.69, 9.17) is 0 Å². The van der Waals surface area contributed by atoms with Gasteiger partial charge in [0.25, 0.3) is 0 Å². The molecule has 2 fully saturated rings. The fraction of sp³-hybridized carbons (Fsp3) is 1.00. The lowest BCUT2D eigenvalue weighted by atomic mass is 9.58. The van der Waals surface area contributed by atoms with E-state index in [-0.39, 0.29) is 0 Å². The van der Waals surface area contributed by atoms with Crippen LogP contribution < -0.4 is 5.32 Å². The van der Waals surface area contributed by atoms with Crippen molar-refractivity contribution in [2.75, 3.05) is 13.6 Å². The minimum absolute atomic E-state index is 0.869. The van der Waals surface area contributed by atoms with Gasteiger partial charge in [0.15, 0.2) is 0 Å². The largest absolute Gasteiger partial charge is 0.320 e. The van der Waals surface area contributed by atoms with E-state index in [1.54, 1.807) is 0 Å². The third-order valence-electron chi connectivity index (χ3n) is 8.47. The Morgan fingerprint density at radius 1 is 0.786 bits per heavy atom. The van der Waals surface area contributed by atoms with Crippen molar-refractivity contribution in [3.8, 4) is 0 Å². The lowest BCUT2D eigenvalue weighted by Crippen LogP contribution is -2.39. The lowest BCUT2D eigenvalue weighted by molar-refractivity contribution is 0.0231. The molecular weight excluding hydrogens is 338 g/mol. The molecule has 0 aliphatic heterocycles. The Hall–Kier alpha value is -0.0400. The zero-order chi connectivity index (χ0) is 20.4. The highest BCUT2D eigenvalue weighted by molar-refractivity contribution is 4.90. The van der Waals surface area contributed by atoms with Gasteiger partial charge in [0.2, 0.25) is 0 Å². The van der Waals surface area contributed by atoms with Gasteiger partial charge in [0, 0.05) is 0 Å². The Kier molecular flexibility index (Phi) is 11.5. The van der Waals surface area contributed by atoms with Crippen LogP contribution in [-0.2, 0) is 0 Å². The van der Waals surface area contributed by atoms with E-state index in [2.05, 4.69) is 40.1 Å². The first-order chi connectivity index (χ1) is 13.5. The Balaban J connectivity index is 2.06. The lowest BCUT2D eigenvalue weighted by Gasteiger charge is -2.47. The van der Waals surface area contributed by atoms with Gasteiger partial charge in [-0.25, -0.2) is 0 Å². The molecule has 0 aromatic heterocycles. The van der Waals surface area contributed by atoms with Crippen LogP contribution in [0.2, 0.25) is 0 Å². The molecule has 0 aromatic carbocycles. The molecule has 0 radical (unpaired) electrons. The second-order valence-corrected chi connectivity index (χ2v) is 11.1. The van der Waals surface area contributed by atoms with E-state index < -0.39 is 0 Å². The summed E-state index contributed by atoms with van der Waals surface area (Å²) >= 11 is 0. The van der Waals surface area contributed by atoms with Crippen molar-refractivity contribution >= 4 is 0 Å². The summed E-state index contributed by atoms with van der Waals surface area (Å²) < 4.78 is 0. The summed E-state index contributed by atoms with van der Waals surface area (Å²) in [5.74, 6) is 6.85. The fourth-order valence-electron chi connectivity index (χ4n) is 7.05. The molecule has 2 aliphatic rings. The molecular formula is C27H53N. The van der Waals surface area contributed by atoms with Gasteiger partial charge >= 0.3 is 0 Å². The van der Waals surface area contributed by atoms with Crippen LogP contribution in [0.3, 0.4) is 0 Å². The average molecular weight is 392 g/mol. The highest BCUT2D eigenvalue weighted by Crippen LogP contribution is 2.49. The number of nitrogens with one attached hydrogen (secondary N) is 1. The topological polar surface area (TPSA) is 12.0 Å². The molecule has 0 saturated heterocycles. The standard InChI is InChI=1S/C27H53N/c1-21(2)13-11-14-22(3)27-23(4)15-12-19-26(27)25(18-9-10-20-28-5)24-16-7-6-8-17-24/h21-28H,6-20H2,1-5H3. The third-order valence-corrected chi connectivity index (χ3v) is 8.47. The Morgan fingerprint density at radius 3 is 2.21 bits per heavy atom. The van der Waals surface area contributed by atoms with E-state index in [0.29, 0.717) is 0 Å². The quantitative estimate of drug-likeness (QED) is 0.331. The van der Waals surface area contributed by atoms with Crippen LogP contribution in [0.25, 0.3) is 0 Å². The van der Waals surface area contributed by atoms with E-state index in [0.717, 1.165) is 41.4 Å². The fourth-order valence-corrected chi connectivity index (χ4v) is 7.05. The van der Waals surface area contributed by atoms with Crippen LogP contribution in [0.15, 0.2) is 0 Å². The van der Waals surface area contributed by atoms with Crippen LogP contribution in [0.1, 0.15) is 118 Å². The molecule has 28 heavy (non-hydrogen) atoms. The molecule has 5 atom stereocenters. The SMILES string of the molecule is CNCCCCC(C1CCCCC1)C1CCCC(C)C1C(C)CCCC(C)C. The van der Waals surface area contributed by atoms with Crippen molar-refractivity contribution in [1.82, 2.24) is 5.32 Å². The molecule has 2 rings (SSSR count). The van der Waals surface area contributed by atoms with E-state index in [1.165, 1.54) is 96.4 Å². The van der Waals surface area contributed by atoms with Crippen molar-refractivity contribution in [1.29, 1.82) is 0 Å². The van der Waals surface area contributed by atoms with Gasteiger partial charge in [-0.1, -0.05) is 98.3 Å². The smallest absolute Gasteiger partial charge is 0.00519 e. The van der Waals surface area contributed by atoms with Crippen molar-refractivity contribution in [2.24, 2.45) is 41.4 Å². The van der Waals surface area contributed by atoms with Gasteiger partial charge < -0.3 is 5.32 Å². The number of hydrogen-bond donors (Lipinski definition) is 1. The molecule has 1 N–H and O–H groups in total. The zero-order valence-electron chi connectivity index (χ0n) is 20.1. The van der Waals surface area contributed by atoms with Gasteiger partial charge in [-0.05, 0) is 74.3 Å². The molecule has 0 spiro atoms. The molecule has 0 aromatic rings. The molecule has 1 heteroatoms. The average Bonchev–Trinajstić information content (AvgIpc) is 2.68. The second kappa shape index (κ2) is 13.3. The number of rotatable bonds is 12. The minimum Gasteiger partial charge on any atom is -0.320 e. The monoisotopic (exact) mass is 391 g/mol. The van der Waals surface area contributed by atoms with Crippen molar-refractivity contribution in [3.05, 3.63) is 0 Å². The summed E-state index contributed by atoms with van der Waals surface area (Å²) in [5.41, 5.74) is 0. The van der Waals surface area contributed by atoms with Crippen LogP contribution in [-0.4, -0.2) is 13.6 Å². The molecule has 0 bridgehead atoms. The summed E-state index contributed by atoms with van der Waals surface area (Å²) in [5, 5.41) is 3.37. The normalized spacial score (nSPS) is 29.1. The Morgan fingerprint density at radius 2 is 1.54 bits per heavy atom. The summed E-state index contributed by atoms with van der Waals surface area (Å²) in [4.78, 5) is 0. The first-order valence-electron chi connectivity index (χ1n) is 13.2. The molecule has 166 valence electrons. The van der Waals surface area contributed by atoms with Gasteiger partial charge in [-0.15, -0.1) is 0 Å². The number of hydrogen-bond acceptors (Lipinski definition) is 1. The van der Waals surface area contributed by atoms with Crippen molar-refractivity contribution in [2.45, 2.75) is 118 Å². The molecule has 2 aliphatic carbocycles. The van der Waals surface area contributed by atoms with Crippen LogP contribution in [0.4, 0.5) is 0 Å². The van der Waals surface area contributed by atoms with Gasteiger partial charge in [0.1, 0.15) is 0 Å². The first kappa shape index (κ1) is 24.2. The van der Waals surface area contributed by atoms with Gasteiger partial charge in [-0.3, -0.25) is 0 Å². The first-order valence-corrected chi connectivity index (χ1v) is 13.2. The second-order valence-electron chi connectivity index (χ2n) is 11.1. The predicted molar refractivity (Wildman–Crippen MR) is 126 cm³/mol. The number of unbranched alkanes of at least 4 members (excludes halogenated alkanes) is 1. The third kappa shape index (κ3) is 7.66. The maximum absolute atomic E-state index is 3.37. The van der Waals surface area contributed by atoms with E-state index in [9.17, 15) is 0 Å². The van der Waals surface area contributed by atoms with Gasteiger partial charge in [0.05, 0.1) is 0 Å². The van der Waals surface area contributed by atoms with E-state index in [1.807, 2.05) is 0 Å². The molecule has 0 heterocycles. The highest BCUT2D eigenvalue weighted by Gasteiger charge is 2.40. The maximum atomic E-state index is 3.37. The highest BCUT2D eigenvalue weighted by atomic mass is 14.8. The maximum Gasteiger partial charge on any atom is -0.00519 e. The molecule has 1 nitrogen and oxygen atoms in total. The summed E-state index contributed by atoms with van der Waals surface area (Å²) in [6, 6.07) is 0. The molecule has 2 saturated carbocycles.